The highest BCUT2D eigenvalue weighted by Gasteiger charge is 2.36. The second-order valence-corrected chi connectivity index (χ2v) is 8.60. The minimum absolute atomic E-state index is 0.112. The first-order chi connectivity index (χ1) is 15.3. The van der Waals surface area contributed by atoms with Gasteiger partial charge < -0.3 is 15.3 Å². The van der Waals surface area contributed by atoms with Gasteiger partial charge in [0.05, 0.1) is 23.6 Å². The van der Waals surface area contributed by atoms with E-state index in [1.807, 2.05) is 31.1 Å². The molecule has 1 saturated heterocycles. The van der Waals surface area contributed by atoms with Crippen LogP contribution in [0.1, 0.15) is 43.6 Å². The van der Waals surface area contributed by atoms with Crippen LogP contribution >= 0.6 is 11.6 Å². The van der Waals surface area contributed by atoms with Crippen molar-refractivity contribution < 1.29 is 14.7 Å². The first kappa shape index (κ1) is 22.0. The molecule has 3 aliphatic heterocycles. The number of carboxylic acid groups (broad SMARTS) is 1. The molecule has 0 radical (unpaired) electrons. The largest absolute Gasteiger partial charge is 0.476 e. The predicted octanol–water partition coefficient (Wildman–Crippen LogP) is 3.90. The SMILES string of the molecule is CC1=CN2C(=O)N(C)C(N3CCCCC3)=CN2C(C(C)Nc2ccc(Cl)nc2C(=O)O)=C1. The zero-order valence-corrected chi connectivity index (χ0v) is 19.1. The first-order valence-corrected chi connectivity index (χ1v) is 11.0. The smallest absolute Gasteiger partial charge is 0.356 e. The van der Waals surface area contributed by atoms with Gasteiger partial charge in [0, 0.05) is 26.3 Å². The lowest BCUT2D eigenvalue weighted by atomic mass is 10.1. The lowest BCUT2D eigenvalue weighted by Crippen LogP contribution is -2.55. The Morgan fingerprint density at radius 3 is 2.59 bits per heavy atom. The van der Waals surface area contributed by atoms with Gasteiger partial charge >= 0.3 is 12.0 Å². The van der Waals surface area contributed by atoms with Crippen LogP contribution in [0.5, 0.6) is 0 Å². The second-order valence-electron chi connectivity index (χ2n) is 8.21. The number of hydrazine groups is 1. The zero-order valence-electron chi connectivity index (χ0n) is 18.4. The highest BCUT2D eigenvalue weighted by Crippen LogP contribution is 2.32. The zero-order chi connectivity index (χ0) is 23.0. The molecule has 1 unspecified atom stereocenters. The third-order valence-corrected chi connectivity index (χ3v) is 6.03. The van der Waals surface area contributed by atoms with E-state index in [1.54, 1.807) is 35.3 Å². The highest BCUT2D eigenvalue weighted by molar-refractivity contribution is 6.29. The number of pyridine rings is 1. The number of nitrogens with zero attached hydrogens (tertiary/aromatic N) is 5. The normalized spacial score (nSPS) is 19.8. The maximum absolute atomic E-state index is 13.2. The lowest BCUT2D eigenvalue weighted by molar-refractivity contribution is 0.0689. The fourth-order valence-corrected chi connectivity index (χ4v) is 4.36. The molecule has 32 heavy (non-hydrogen) atoms. The number of carbonyl (C=O) groups is 2. The van der Waals surface area contributed by atoms with Crippen LogP contribution < -0.4 is 5.32 Å². The van der Waals surface area contributed by atoms with Gasteiger partial charge in [0.15, 0.2) is 5.69 Å². The van der Waals surface area contributed by atoms with Gasteiger partial charge in [0.25, 0.3) is 0 Å². The van der Waals surface area contributed by atoms with Crippen LogP contribution in [-0.4, -0.2) is 68.1 Å². The lowest BCUT2D eigenvalue weighted by Gasteiger charge is -2.47. The summed E-state index contributed by atoms with van der Waals surface area (Å²) in [4.78, 5) is 32.7. The topological polar surface area (TPSA) is 92.3 Å². The summed E-state index contributed by atoms with van der Waals surface area (Å²) < 4.78 is 0. The quantitative estimate of drug-likeness (QED) is 0.646. The Morgan fingerprint density at radius 1 is 1.19 bits per heavy atom. The molecule has 4 heterocycles. The maximum atomic E-state index is 13.2. The van der Waals surface area contributed by atoms with E-state index in [2.05, 4.69) is 15.2 Å². The predicted molar refractivity (Wildman–Crippen MR) is 121 cm³/mol. The van der Waals surface area contributed by atoms with Crippen molar-refractivity contribution in [2.75, 3.05) is 25.5 Å². The number of fused-ring (bicyclic) bond motifs is 1. The van der Waals surface area contributed by atoms with E-state index in [0.29, 0.717) is 5.69 Å². The molecule has 10 heteroatoms. The summed E-state index contributed by atoms with van der Waals surface area (Å²) in [5.41, 5.74) is 1.93. The highest BCUT2D eigenvalue weighted by atomic mass is 35.5. The number of halogens is 1. The molecule has 1 atom stereocenters. The molecule has 4 rings (SSSR count). The summed E-state index contributed by atoms with van der Waals surface area (Å²) in [6.45, 7) is 5.67. The number of carboxylic acids is 1. The van der Waals surface area contributed by atoms with Gasteiger partial charge in [0.1, 0.15) is 11.0 Å². The minimum atomic E-state index is -1.17. The summed E-state index contributed by atoms with van der Waals surface area (Å²) in [6, 6.07) is 2.68. The van der Waals surface area contributed by atoms with Crippen LogP contribution in [-0.2, 0) is 0 Å². The van der Waals surface area contributed by atoms with E-state index in [-0.39, 0.29) is 22.9 Å². The standard InChI is InChI=1S/C22H27ClN6O3/c1-14-11-17(15(2)24-16-7-8-18(23)25-20(16)21(30)31)28-13-19(27-9-5-4-6-10-27)26(3)22(32)29(28)12-14/h7-8,11-13,15,24H,4-6,9-10H2,1-3H3,(H,30,31). The number of amides is 2. The average Bonchev–Trinajstić information content (AvgIpc) is 2.77. The van der Waals surface area contributed by atoms with Crippen molar-refractivity contribution in [1.82, 2.24) is 24.8 Å². The van der Waals surface area contributed by atoms with Crippen LogP contribution in [0, 0.1) is 0 Å². The summed E-state index contributed by atoms with van der Waals surface area (Å²) >= 11 is 5.89. The molecular formula is C22H27ClN6O3. The molecule has 2 N–H and O–H groups in total. The molecule has 0 spiro atoms. The van der Waals surface area contributed by atoms with Gasteiger partial charge in [-0.1, -0.05) is 11.6 Å². The molecule has 9 nitrogen and oxygen atoms in total. The van der Waals surface area contributed by atoms with Crippen molar-refractivity contribution in [1.29, 1.82) is 0 Å². The third kappa shape index (κ3) is 4.12. The van der Waals surface area contributed by atoms with E-state index in [4.69, 9.17) is 11.6 Å². The van der Waals surface area contributed by atoms with Gasteiger partial charge in [-0.3, -0.25) is 9.91 Å². The molecule has 0 aliphatic carbocycles. The van der Waals surface area contributed by atoms with Crippen molar-refractivity contribution in [3.63, 3.8) is 0 Å². The Balaban J connectivity index is 1.67. The first-order valence-electron chi connectivity index (χ1n) is 10.7. The molecule has 0 aromatic carbocycles. The Bertz CT molecular complexity index is 1030. The van der Waals surface area contributed by atoms with Crippen molar-refractivity contribution in [2.45, 2.75) is 39.2 Å². The van der Waals surface area contributed by atoms with Crippen LogP contribution in [0.4, 0.5) is 10.5 Å². The number of anilines is 1. The maximum Gasteiger partial charge on any atom is 0.356 e. The summed E-state index contributed by atoms with van der Waals surface area (Å²) in [5, 5.41) is 16.3. The number of nitrogens with one attached hydrogen (secondary N) is 1. The Morgan fingerprint density at radius 2 is 1.91 bits per heavy atom. The van der Waals surface area contributed by atoms with Gasteiger partial charge in [-0.05, 0) is 56.9 Å². The number of likely N-dealkylation sites (tertiary alicyclic amines) is 1. The molecule has 3 aliphatic rings. The number of piperidine rings is 1. The van der Waals surface area contributed by atoms with Crippen molar-refractivity contribution >= 4 is 29.3 Å². The van der Waals surface area contributed by atoms with E-state index in [1.165, 1.54) is 6.42 Å². The second kappa shape index (κ2) is 8.74. The van der Waals surface area contributed by atoms with Crippen molar-refractivity contribution in [3.8, 4) is 0 Å². The van der Waals surface area contributed by atoms with E-state index < -0.39 is 5.97 Å². The van der Waals surface area contributed by atoms with Crippen LogP contribution in [0.25, 0.3) is 0 Å². The van der Waals surface area contributed by atoms with Crippen molar-refractivity contribution in [2.24, 2.45) is 0 Å². The molecule has 1 aromatic rings. The molecule has 2 amide bonds. The number of hydrogen-bond acceptors (Lipinski definition) is 6. The summed E-state index contributed by atoms with van der Waals surface area (Å²) in [5.74, 6) is -0.309. The summed E-state index contributed by atoms with van der Waals surface area (Å²) in [7, 11) is 1.79. The number of allylic oxidation sites excluding steroid dienone is 2. The number of aromatic carboxylic acids is 1. The molecule has 1 fully saturated rings. The van der Waals surface area contributed by atoms with E-state index in [9.17, 15) is 14.7 Å². The molecule has 1 aromatic heterocycles. The van der Waals surface area contributed by atoms with Gasteiger partial charge in [0.2, 0.25) is 0 Å². The number of aromatic nitrogens is 1. The minimum Gasteiger partial charge on any atom is -0.476 e. The van der Waals surface area contributed by atoms with Crippen molar-refractivity contribution in [3.05, 3.63) is 58.5 Å². The number of hydrogen-bond donors (Lipinski definition) is 2. The Kier molecular flexibility index (Phi) is 6.01. The molecule has 0 bridgehead atoms. The monoisotopic (exact) mass is 458 g/mol. The Labute approximate surface area is 192 Å². The van der Waals surface area contributed by atoms with Gasteiger partial charge in [-0.15, -0.1) is 0 Å². The Hall–Kier alpha value is -3.20. The van der Waals surface area contributed by atoms with Crippen LogP contribution in [0.3, 0.4) is 0 Å². The average molecular weight is 459 g/mol. The van der Waals surface area contributed by atoms with E-state index >= 15 is 0 Å². The van der Waals surface area contributed by atoms with Crippen LogP contribution in [0.15, 0.2) is 47.7 Å². The molecule has 170 valence electrons. The fourth-order valence-electron chi connectivity index (χ4n) is 4.21. The van der Waals surface area contributed by atoms with Gasteiger partial charge in [-0.2, -0.15) is 0 Å². The number of carbonyl (C=O) groups excluding carboxylic acids is 1. The fraction of sp³-hybridized carbons (Fsp3) is 0.409. The van der Waals surface area contributed by atoms with Gasteiger partial charge in [-0.25, -0.2) is 19.6 Å². The van der Waals surface area contributed by atoms with E-state index in [0.717, 1.165) is 43.0 Å². The molecular weight excluding hydrogens is 432 g/mol. The van der Waals surface area contributed by atoms with Crippen LogP contribution in [0.2, 0.25) is 5.15 Å². The summed E-state index contributed by atoms with van der Waals surface area (Å²) in [6.07, 6.45) is 9.16. The number of urea groups is 1. The number of rotatable bonds is 5. The molecule has 0 saturated carbocycles. The third-order valence-electron chi connectivity index (χ3n) is 5.82.